The molecule has 1 aliphatic carbocycles. The Balaban J connectivity index is 1.50. The van der Waals surface area contributed by atoms with Crippen molar-refractivity contribution in [3.63, 3.8) is 0 Å². The van der Waals surface area contributed by atoms with Crippen molar-refractivity contribution < 1.29 is 14.3 Å². The van der Waals surface area contributed by atoms with Gasteiger partial charge in [-0.2, -0.15) is 0 Å². The number of nitrogens with zero attached hydrogens (tertiary/aromatic N) is 2. The molecule has 2 N–H and O–H groups in total. The predicted octanol–water partition coefficient (Wildman–Crippen LogP) is 6.73. The maximum Gasteiger partial charge on any atom is 0.411 e. The van der Waals surface area contributed by atoms with Crippen LogP contribution >= 0.6 is 0 Å². The van der Waals surface area contributed by atoms with Crippen molar-refractivity contribution in [2.45, 2.75) is 58.1 Å². The van der Waals surface area contributed by atoms with Gasteiger partial charge in [0, 0.05) is 49.8 Å². The summed E-state index contributed by atoms with van der Waals surface area (Å²) in [7, 11) is 0. The molecule has 0 saturated heterocycles. The number of nitrogens with one attached hydrogen (secondary N) is 2. The van der Waals surface area contributed by atoms with E-state index >= 15 is 0 Å². The number of amides is 2. The molecule has 2 aromatic heterocycles. The highest BCUT2D eigenvalue weighted by Crippen LogP contribution is 2.42. The molecule has 38 heavy (non-hydrogen) atoms. The molecule has 5 rings (SSSR count). The normalized spacial score (nSPS) is 14.4. The van der Waals surface area contributed by atoms with E-state index in [0.29, 0.717) is 5.69 Å². The summed E-state index contributed by atoms with van der Waals surface area (Å²) in [5.41, 5.74) is 5.27. The number of alkyl carbamates (subject to hydrolysis) is 1. The second-order valence-electron chi connectivity index (χ2n) is 10.4. The SMILES string of the molecule is C[CH+]C(C)(C)OC(=O)NC1(c2ccc(-c3nc4cc(NC(C)=O)ccn4c3-c3ccccc3)cc2)CCC1. The number of rotatable bonds is 7. The molecule has 0 atom stereocenters. The number of hydrogen-bond donors (Lipinski definition) is 2. The van der Waals surface area contributed by atoms with Crippen LogP contribution in [0.5, 0.6) is 0 Å². The van der Waals surface area contributed by atoms with Crippen LogP contribution < -0.4 is 10.6 Å². The molecule has 0 unspecified atom stereocenters. The molecule has 4 aromatic rings. The van der Waals surface area contributed by atoms with E-state index in [9.17, 15) is 9.59 Å². The van der Waals surface area contributed by atoms with Crippen LogP contribution in [-0.4, -0.2) is 27.0 Å². The van der Waals surface area contributed by atoms with Gasteiger partial charge in [-0.1, -0.05) is 54.6 Å². The lowest BCUT2D eigenvalue weighted by atomic mass is 9.71. The molecule has 7 heteroatoms. The minimum atomic E-state index is -0.629. The lowest BCUT2D eigenvalue weighted by molar-refractivity contribution is -0.114. The number of aromatic nitrogens is 2. The van der Waals surface area contributed by atoms with Gasteiger partial charge in [0.25, 0.3) is 0 Å². The van der Waals surface area contributed by atoms with Gasteiger partial charge in [-0.25, -0.2) is 9.78 Å². The summed E-state index contributed by atoms with van der Waals surface area (Å²) in [6.45, 7) is 7.11. The number of anilines is 1. The molecule has 0 aliphatic heterocycles. The van der Waals surface area contributed by atoms with Gasteiger partial charge < -0.3 is 15.4 Å². The maximum atomic E-state index is 12.7. The molecule has 7 nitrogen and oxygen atoms in total. The molecule has 2 aromatic carbocycles. The fourth-order valence-corrected chi connectivity index (χ4v) is 4.88. The van der Waals surface area contributed by atoms with Crippen LogP contribution in [0.25, 0.3) is 28.2 Å². The fraction of sp³-hybridized carbons (Fsp3) is 0.290. The first-order valence-electron chi connectivity index (χ1n) is 13.0. The van der Waals surface area contributed by atoms with E-state index < -0.39 is 17.2 Å². The van der Waals surface area contributed by atoms with E-state index in [1.165, 1.54) is 6.92 Å². The van der Waals surface area contributed by atoms with Gasteiger partial charge in [0.2, 0.25) is 11.5 Å². The smallest absolute Gasteiger partial charge is 0.403 e. The van der Waals surface area contributed by atoms with Crippen molar-refractivity contribution in [1.82, 2.24) is 14.7 Å². The highest BCUT2D eigenvalue weighted by molar-refractivity contribution is 5.90. The Labute approximate surface area is 223 Å². The number of imidazole rings is 1. The summed E-state index contributed by atoms with van der Waals surface area (Å²) in [6, 6.07) is 22.2. The Morgan fingerprint density at radius 2 is 1.74 bits per heavy atom. The van der Waals surface area contributed by atoms with Crippen LogP contribution in [0.3, 0.4) is 0 Å². The Bertz CT molecular complexity index is 1470. The third-order valence-corrected chi connectivity index (χ3v) is 7.30. The number of pyridine rings is 1. The molecule has 194 valence electrons. The van der Waals surface area contributed by atoms with E-state index in [2.05, 4.69) is 47.0 Å². The molecule has 2 heterocycles. The molecule has 0 spiro atoms. The molecule has 0 radical (unpaired) electrons. The Kier molecular flexibility index (Phi) is 6.61. The summed E-state index contributed by atoms with van der Waals surface area (Å²) in [6.07, 6.45) is 6.18. The van der Waals surface area contributed by atoms with E-state index in [1.807, 2.05) is 68.1 Å². The number of ether oxygens (including phenoxy) is 1. The maximum absolute atomic E-state index is 12.7. The van der Waals surface area contributed by atoms with Crippen molar-refractivity contribution in [2.24, 2.45) is 0 Å². The molecule has 1 aliphatic rings. The third kappa shape index (κ3) is 4.96. The minimum absolute atomic E-state index is 0.126. The first kappa shape index (κ1) is 25.4. The van der Waals surface area contributed by atoms with Gasteiger partial charge in [-0.3, -0.25) is 9.20 Å². The van der Waals surface area contributed by atoms with Crippen LogP contribution in [0, 0.1) is 6.42 Å². The fourth-order valence-electron chi connectivity index (χ4n) is 4.88. The second kappa shape index (κ2) is 9.89. The Morgan fingerprint density at radius 3 is 2.34 bits per heavy atom. The second-order valence-corrected chi connectivity index (χ2v) is 10.4. The molecule has 1 saturated carbocycles. The van der Waals surface area contributed by atoms with Gasteiger partial charge in [-0.15, -0.1) is 0 Å². The average molecular weight is 510 g/mol. The zero-order chi connectivity index (χ0) is 26.9. The van der Waals surface area contributed by atoms with Crippen LogP contribution in [0.15, 0.2) is 72.9 Å². The molecular formula is C31H33N4O3+. The summed E-state index contributed by atoms with van der Waals surface area (Å²) >= 11 is 0. The van der Waals surface area contributed by atoms with Gasteiger partial charge in [0.05, 0.1) is 23.9 Å². The summed E-state index contributed by atoms with van der Waals surface area (Å²) in [4.78, 5) is 29.2. The highest BCUT2D eigenvalue weighted by atomic mass is 16.6. The van der Waals surface area contributed by atoms with E-state index in [0.717, 1.165) is 53.0 Å². The lowest BCUT2D eigenvalue weighted by Gasteiger charge is -2.43. The van der Waals surface area contributed by atoms with E-state index in [4.69, 9.17) is 9.72 Å². The number of fused-ring (bicyclic) bond motifs is 1. The Hall–Kier alpha value is -4.26. The number of carbonyl (C=O) groups excluding carboxylic acids is 2. The summed E-state index contributed by atoms with van der Waals surface area (Å²) in [5.74, 6) is -0.126. The van der Waals surface area contributed by atoms with Gasteiger partial charge in [0.1, 0.15) is 12.1 Å². The van der Waals surface area contributed by atoms with Crippen molar-refractivity contribution >= 4 is 23.3 Å². The summed E-state index contributed by atoms with van der Waals surface area (Å²) in [5, 5.41) is 5.98. The van der Waals surface area contributed by atoms with E-state index in [1.54, 1.807) is 0 Å². The first-order valence-corrected chi connectivity index (χ1v) is 13.0. The molecular weight excluding hydrogens is 476 g/mol. The number of hydrogen-bond acceptors (Lipinski definition) is 4. The van der Waals surface area contributed by atoms with Gasteiger partial charge in [-0.05, 0) is 30.9 Å². The number of carbonyl (C=O) groups is 2. The molecule has 0 bridgehead atoms. The largest absolute Gasteiger partial charge is 0.411 e. The van der Waals surface area contributed by atoms with Crippen LogP contribution in [0.2, 0.25) is 0 Å². The standard InChI is InChI=1S/C31H32N4O3/c1-5-30(3,4)38-29(37)34-31(17-9-18-31)24-14-12-22(13-15-24)27-28(23-10-7-6-8-11-23)35-19-16-25(32-21(2)36)20-26(35)33-27/h5-8,10-16,19-20H,9,17-18H2,1-4H3,(H-,32,33,34,36,37)/p+1. The minimum Gasteiger partial charge on any atom is -0.403 e. The number of benzene rings is 2. The Morgan fingerprint density at radius 1 is 1.03 bits per heavy atom. The van der Waals surface area contributed by atoms with Crippen molar-refractivity contribution in [2.75, 3.05) is 5.32 Å². The highest BCUT2D eigenvalue weighted by Gasteiger charge is 2.42. The van der Waals surface area contributed by atoms with Crippen LogP contribution in [-0.2, 0) is 15.1 Å². The summed E-state index contributed by atoms with van der Waals surface area (Å²) < 4.78 is 7.66. The topological polar surface area (TPSA) is 84.7 Å². The average Bonchev–Trinajstić information content (AvgIpc) is 3.25. The third-order valence-electron chi connectivity index (χ3n) is 7.30. The van der Waals surface area contributed by atoms with Crippen molar-refractivity contribution in [3.8, 4) is 22.5 Å². The van der Waals surface area contributed by atoms with Crippen molar-refractivity contribution in [3.05, 3.63) is 84.9 Å². The molecule has 2 amide bonds. The zero-order valence-electron chi connectivity index (χ0n) is 22.2. The van der Waals surface area contributed by atoms with Gasteiger partial charge >= 0.3 is 6.09 Å². The van der Waals surface area contributed by atoms with Crippen LogP contribution in [0.4, 0.5) is 10.5 Å². The predicted molar refractivity (Wildman–Crippen MR) is 150 cm³/mol. The van der Waals surface area contributed by atoms with Crippen LogP contribution in [0.1, 0.15) is 52.5 Å². The molecule has 1 fully saturated rings. The first-order chi connectivity index (χ1) is 18.2. The monoisotopic (exact) mass is 509 g/mol. The quantitative estimate of drug-likeness (QED) is 0.270. The van der Waals surface area contributed by atoms with E-state index in [-0.39, 0.29) is 5.91 Å². The lowest BCUT2D eigenvalue weighted by Crippen LogP contribution is -2.52. The van der Waals surface area contributed by atoms with Crippen molar-refractivity contribution in [1.29, 1.82) is 0 Å². The van der Waals surface area contributed by atoms with Gasteiger partial charge in [0.15, 0.2) is 0 Å². The zero-order valence-corrected chi connectivity index (χ0v) is 22.2.